The minimum Gasteiger partial charge on any atom is -0.403 e. The summed E-state index contributed by atoms with van der Waals surface area (Å²) in [7, 11) is 2.20. The first-order valence-corrected chi connectivity index (χ1v) is 18.2. The molecule has 239 valence electrons. The molecule has 0 spiro atoms. The van der Waals surface area contributed by atoms with Crippen molar-refractivity contribution in [1.29, 1.82) is 5.26 Å². The number of fused-ring (bicyclic) bond motifs is 7. The van der Waals surface area contributed by atoms with Crippen LogP contribution in [0.15, 0.2) is 23.3 Å². The average Bonchev–Trinajstić information content (AvgIpc) is 2.94. The lowest BCUT2D eigenvalue weighted by atomic mass is 9.34. The Morgan fingerprint density at radius 3 is 2.23 bits per heavy atom. The Morgan fingerprint density at radius 1 is 0.886 bits per heavy atom. The van der Waals surface area contributed by atoms with Crippen molar-refractivity contribution in [3.8, 4) is 6.07 Å². The Labute approximate surface area is 268 Å². The first-order chi connectivity index (χ1) is 20.6. The van der Waals surface area contributed by atoms with E-state index in [-0.39, 0.29) is 44.7 Å². The highest BCUT2D eigenvalue weighted by molar-refractivity contribution is 6.39. The normalized spacial score (nSPS) is 43.2. The van der Waals surface area contributed by atoms with Crippen molar-refractivity contribution in [1.82, 2.24) is 5.23 Å². The van der Waals surface area contributed by atoms with Gasteiger partial charge in [0.15, 0.2) is 5.78 Å². The quantitative estimate of drug-likeness (QED) is 0.260. The second-order valence-electron chi connectivity index (χ2n) is 18.2. The molecule has 0 bridgehead atoms. The number of hydrogen-bond acceptors (Lipinski definition) is 3. The minimum atomic E-state index is -0.527. The van der Waals surface area contributed by atoms with Gasteiger partial charge in [0.2, 0.25) is 13.3 Å². The first-order valence-electron chi connectivity index (χ1n) is 18.2. The molecule has 6 aliphatic rings. The molecule has 0 aromatic carbocycles. The van der Waals surface area contributed by atoms with Crippen molar-refractivity contribution >= 4 is 19.1 Å². The maximum atomic E-state index is 14.5. The summed E-state index contributed by atoms with van der Waals surface area (Å²) in [4.78, 5) is 27.8. The fourth-order valence-corrected chi connectivity index (χ4v) is 12.2. The lowest BCUT2D eigenvalue weighted by Crippen LogP contribution is -2.64. The number of amides is 1. The van der Waals surface area contributed by atoms with Crippen LogP contribution in [0.3, 0.4) is 0 Å². The summed E-state index contributed by atoms with van der Waals surface area (Å²) in [5.41, 5.74) is 1.14. The monoisotopic (exact) mass is 597 g/mol. The molecule has 0 aliphatic heterocycles. The van der Waals surface area contributed by atoms with Crippen molar-refractivity contribution in [2.75, 3.05) is 0 Å². The lowest BCUT2D eigenvalue weighted by Gasteiger charge is -2.70. The SMILES string of the molecule is CC1(C)CCC2(C(=O)N[B]C3CCCCCCC3)CC[C@]3(C)C(=CCC4[C@@]5(C)C=C(C#N)C(=O)C(C)(C)[C@@H]5CC[C@]43C)[C@@H]2C1. The number of Topliss-reactive ketones (excluding diaryl/α,β-unsaturated/α-hetero) is 1. The third-order valence-corrected chi connectivity index (χ3v) is 15.1. The van der Waals surface area contributed by atoms with E-state index in [1.165, 1.54) is 44.9 Å². The average molecular weight is 598 g/mol. The molecule has 5 heteroatoms. The zero-order chi connectivity index (χ0) is 31.8. The van der Waals surface area contributed by atoms with E-state index in [2.05, 4.69) is 79.3 Å². The van der Waals surface area contributed by atoms with Crippen LogP contribution in [-0.2, 0) is 9.59 Å². The van der Waals surface area contributed by atoms with Crippen molar-refractivity contribution in [3.63, 3.8) is 0 Å². The molecule has 7 atom stereocenters. The summed E-state index contributed by atoms with van der Waals surface area (Å²) in [6.45, 7) is 16.4. The third kappa shape index (κ3) is 4.65. The van der Waals surface area contributed by atoms with E-state index in [9.17, 15) is 14.9 Å². The van der Waals surface area contributed by atoms with Gasteiger partial charge in [-0.25, -0.2) is 0 Å². The van der Waals surface area contributed by atoms with Gasteiger partial charge in [0.25, 0.3) is 0 Å². The van der Waals surface area contributed by atoms with Crippen LogP contribution < -0.4 is 5.23 Å². The summed E-state index contributed by atoms with van der Waals surface area (Å²) in [6.07, 6.45) is 21.9. The molecule has 6 aliphatic carbocycles. The minimum absolute atomic E-state index is 0.00125. The van der Waals surface area contributed by atoms with Crippen LogP contribution in [0.25, 0.3) is 0 Å². The standard InChI is InChI=1S/C39H58BN2O2/c1-34(2)19-21-39(33(44)42-40-27-13-11-9-8-10-12-14-27)22-20-37(6)28(29(39)24-34)15-16-31-36(5)23-26(25-41)32(43)35(3,4)30(36)17-18-38(31,37)7/h15,23,27,29-31H,8-14,16-22,24H2,1-7H3,(H,42,44)/t29-,30-,31?,36-,37+,38+,39?/m0/s1. The fourth-order valence-electron chi connectivity index (χ4n) is 12.2. The zero-order valence-electron chi connectivity index (χ0n) is 28.9. The van der Waals surface area contributed by atoms with Gasteiger partial charge in [-0.2, -0.15) is 5.26 Å². The highest BCUT2D eigenvalue weighted by Gasteiger charge is 2.69. The lowest BCUT2D eigenvalue weighted by molar-refractivity contribution is -0.165. The van der Waals surface area contributed by atoms with Gasteiger partial charge < -0.3 is 5.23 Å². The fraction of sp³-hybridized carbons (Fsp3) is 0.821. The Kier molecular flexibility index (Phi) is 7.94. The van der Waals surface area contributed by atoms with Gasteiger partial charge >= 0.3 is 0 Å². The smallest absolute Gasteiger partial charge is 0.249 e. The number of ketones is 1. The second-order valence-corrected chi connectivity index (χ2v) is 18.2. The highest BCUT2D eigenvalue weighted by atomic mass is 16.2. The van der Waals surface area contributed by atoms with Crippen LogP contribution in [0.2, 0.25) is 5.82 Å². The molecule has 4 saturated carbocycles. The number of nitriles is 1. The van der Waals surface area contributed by atoms with E-state index in [1.807, 2.05) is 0 Å². The molecule has 0 aromatic rings. The van der Waals surface area contributed by atoms with Crippen LogP contribution in [0.1, 0.15) is 145 Å². The van der Waals surface area contributed by atoms with E-state index >= 15 is 0 Å². The largest absolute Gasteiger partial charge is 0.403 e. The number of carbonyl (C=O) groups is 2. The molecule has 4 fully saturated rings. The number of carbonyl (C=O) groups excluding carboxylic acids is 2. The van der Waals surface area contributed by atoms with Crippen LogP contribution in [0, 0.1) is 61.6 Å². The first kappa shape index (κ1) is 32.1. The predicted octanol–water partition coefficient (Wildman–Crippen LogP) is 9.30. The van der Waals surface area contributed by atoms with Crippen LogP contribution in [0.5, 0.6) is 0 Å². The zero-order valence-corrected chi connectivity index (χ0v) is 28.9. The van der Waals surface area contributed by atoms with Crippen molar-refractivity contribution in [2.24, 2.45) is 50.2 Å². The van der Waals surface area contributed by atoms with Gasteiger partial charge in [-0.05, 0) is 96.6 Å². The number of allylic oxidation sites excluding steroid dienone is 4. The maximum Gasteiger partial charge on any atom is 0.249 e. The maximum absolute atomic E-state index is 14.5. The summed E-state index contributed by atoms with van der Waals surface area (Å²) < 4.78 is 0. The van der Waals surface area contributed by atoms with Crippen molar-refractivity contribution in [3.05, 3.63) is 23.3 Å². The number of hydrogen-bond donors (Lipinski definition) is 1. The second kappa shape index (κ2) is 10.9. The summed E-state index contributed by atoms with van der Waals surface area (Å²) in [5, 5.41) is 13.5. The van der Waals surface area contributed by atoms with Gasteiger partial charge in [0.05, 0.1) is 11.0 Å². The number of rotatable bonds is 3. The molecule has 0 saturated heterocycles. The van der Waals surface area contributed by atoms with Gasteiger partial charge in [0, 0.05) is 5.41 Å². The van der Waals surface area contributed by atoms with Gasteiger partial charge in [-0.3, -0.25) is 9.59 Å². The van der Waals surface area contributed by atoms with Crippen molar-refractivity contribution in [2.45, 2.75) is 151 Å². The summed E-state index contributed by atoms with van der Waals surface area (Å²) >= 11 is 0. The summed E-state index contributed by atoms with van der Waals surface area (Å²) in [6, 6.07) is 2.30. The van der Waals surface area contributed by atoms with Crippen LogP contribution in [0.4, 0.5) is 0 Å². The third-order valence-electron chi connectivity index (χ3n) is 15.1. The van der Waals surface area contributed by atoms with Gasteiger partial charge in [-0.15, -0.1) is 0 Å². The molecule has 2 unspecified atom stereocenters. The molecule has 0 heterocycles. The van der Waals surface area contributed by atoms with Gasteiger partial charge in [-0.1, -0.05) is 111 Å². The molecule has 1 radical (unpaired) electrons. The summed E-state index contributed by atoms with van der Waals surface area (Å²) in [5.74, 6) is 1.70. The molecule has 6 rings (SSSR count). The molecule has 1 amide bonds. The van der Waals surface area contributed by atoms with E-state index in [0.29, 0.717) is 23.2 Å². The number of nitrogens with one attached hydrogen (secondary N) is 1. The molecule has 0 aromatic heterocycles. The predicted molar refractivity (Wildman–Crippen MR) is 178 cm³/mol. The molecular weight excluding hydrogens is 539 g/mol. The Hall–Kier alpha value is -1.83. The van der Waals surface area contributed by atoms with Crippen LogP contribution >= 0.6 is 0 Å². The highest BCUT2D eigenvalue weighted by Crippen LogP contribution is 2.75. The Balaban J connectivity index is 1.35. The topological polar surface area (TPSA) is 70.0 Å². The Bertz CT molecular complexity index is 1300. The molecular formula is C39H58BN2O2. The molecule has 1 N–H and O–H groups in total. The van der Waals surface area contributed by atoms with E-state index in [0.717, 1.165) is 51.4 Å². The van der Waals surface area contributed by atoms with E-state index < -0.39 is 5.41 Å². The van der Waals surface area contributed by atoms with Crippen molar-refractivity contribution < 1.29 is 9.59 Å². The van der Waals surface area contributed by atoms with E-state index in [1.54, 1.807) is 5.57 Å². The van der Waals surface area contributed by atoms with Gasteiger partial charge in [0.1, 0.15) is 6.07 Å². The number of nitrogens with zero attached hydrogens (tertiary/aromatic N) is 1. The Morgan fingerprint density at radius 2 is 1.55 bits per heavy atom. The van der Waals surface area contributed by atoms with Crippen LogP contribution in [-0.4, -0.2) is 19.1 Å². The molecule has 44 heavy (non-hydrogen) atoms. The molecule has 4 nitrogen and oxygen atoms in total. The van der Waals surface area contributed by atoms with E-state index in [4.69, 9.17) is 0 Å².